The number of amides is 1. The largest absolute Gasteiger partial charge is 0.508 e. The maximum Gasteiger partial charge on any atom is 0.296 e. The predicted molar refractivity (Wildman–Crippen MR) is 140 cm³/mol. The predicted octanol–water partition coefficient (Wildman–Crippen LogP) is 6.47. The van der Waals surface area contributed by atoms with Gasteiger partial charge in [0.2, 0.25) is 5.78 Å². The number of nitrogens with zero attached hydrogens (tertiary/aromatic N) is 2. The Hall–Kier alpha value is -4.48. The summed E-state index contributed by atoms with van der Waals surface area (Å²) in [6.45, 7) is 0. The van der Waals surface area contributed by atoms with E-state index in [2.05, 4.69) is 4.98 Å². The number of ether oxygens (including phenoxy) is 1. The van der Waals surface area contributed by atoms with Gasteiger partial charge in [-0.3, -0.25) is 14.5 Å². The molecule has 1 amide bonds. The summed E-state index contributed by atoms with van der Waals surface area (Å²) in [5.41, 5.74) is 0.0578. The highest BCUT2D eigenvalue weighted by Gasteiger charge is 2.46. The first kappa shape index (κ1) is 24.8. The van der Waals surface area contributed by atoms with Crippen LogP contribution >= 0.6 is 22.9 Å². The average Bonchev–Trinajstić information content (AvgIpc) is 3.58. The van der Waals surface area contributed by atoms with Gasteiger partial charge in [0.25, 0.3) is 5.91 Å². The number of carbonyl (C=O) groups excluding carboxylic acids is 2. The number of fused-ring (bicyclic) bond motifs is 2. The second-order valence-corrected chi connectivity index (χ2v) is 10.1. The fraction of sp³-hybridized carbons (Fsp3) is 0.0741. The van der Waals surface area contributed by atoms with E-state index in [1.54, 1.807) is 6.07 Å². The number of Topliss-reactive ketones (excluding diaryl/α,β-unsaturated/α-hetero) is 1. The molecule has 2 N–H and O–H groups in total. The van der Waals surface area contributed by atoms with Gasteiger partial charge in [-0.05, 0) is 35.9 Å². The normalized spacial score (nSPS) is 15.6. The Bertz CT molecular complexity index is 1860. The topological polar surface area (TPSA) is 113 Å². The second kappa shape index (κ2) is 9.07. The summed E-state index contributed by atoms with van der Waals surface area (Å²) in [4.78, 5) is 32.4. The monoisotopic (exact) mass is 568 g/mol. The molecule has 2 aromatic heterocycles. The molecule has 39 heavy (non-hydrogen) atoms. The van der Waals surface area contributed by atoms with Gasteiger partial charge < -0.3 is 19.4 Å². The molecule has 0 saturated carbocycles. The van der Waals surface area contributed by atoms with Crippen LogP contribution in [0.1, 0.15) is 22.2 Å². The van der Waals surface area contributed by atoms with Gasteiger partial charge in [-0.2, -0.15) is 0 Å². The summed E-state index contributed by atoms with van der Waals surface area (Å²) in [5, 5.41) is 21.5. The number of furan rings is 1. The molecule has 0 spiro atoms. The van der Waals surface area contributed by atoms with E-state index in [9.17, 15) is 28.6 Å². The number of methoxy groups -OCH3 is 1. The van der Waals surface area contributed by atoms with Crippen molar-refractivity contribution in [2.24, 2.45) is 0 Å². The van der Waals surface area contributed by atoms with Crippen molar-refractivity contribution in [2.75, 3.05) is 12.0 Å². The fourth-order valence-corrected chi connectivity index (χ4v) is 5.79. The number of aromatic nitrogens is 1. The molecule has 1 atom stereocenters. The number of phenols is 1. The Labute approximate surface area is 226 Å². The van der Waals surface area contributed by atoms with Gasteiger partial charge in [-0.1, -0.05) is 35.1 Å². The minimum Gasteiger partial charge on any atom is -0.508 e. The quantitative estimate of drug-likeness (QED) is 0.234. The number of carbonyl (C=O) groups is 2. The van der Waals surface area contributed by atoms with Crippen LogP contribution in [0.4, 0.5) is 13.9 Å². The van der Waals surface area contributed by atoms with Crippen LogP contribution in [0.25, 0.3) is 21.2 Å². The number of rotatable bonds is 5. The standard InChI is InChI=1S/C27H15ClF2N2O6S/c1-37-18-8-13(28)6-12-7-17(38-25(12)18)23(34)20-22(11-2-4-15(33)5-3-11)32(26(36)24(20)35)27-31-21-16(30)9-14(29)10-19(21)39-27/h2-10,22,33,35H,1H3. The van der Waals surface area contributed by atoms with Crippen LogP contribution in [0.15, 0.2) is 70.3 Å². The number of aliphatic hydroxyl groups excluding tert-OH is 1. The van der Waals surface area contributed by atoms with Crippen molar-refractivity contribution in [1.82, 2.24) is 4.98 Å². The first-order chi connectivity index (χ1) is 18.7. The smallest absolute Gasteiger partial charge is 0.296 e. The Morgan fingerprint density at radius 1 is 1.13 bits per heavy atom. The number of benzene rings is 3. The lowest BCUT2D eigenvalue weighted by atomic mass is 9.95. The van der Waals surface area contributed by atoms with Crippen LogP contribution in [-0.2, 0) is 4.79 Å². The summed E-state index contributed by atoms with van der Waals surface area (Å²) in [6.07, 6.45) is 0. The van der Waals surface area contributed by atoms with Crippen molar-refractivity contribution in [1.29, 1.82) is 0 Å². The van der Waals surface area contributed by atoms with Crippen LogP contribution in [-0.4, -0.2) is 34.0 Å². The van der Waals surface area contributed by atoms with E-state index in [4.69, 9.17) is 20.8 Å². The molecule has 0 aliphatic carbocycles. The molecule has 6 rings (SSSR count). The zero-order valence-corrected chi connectivity index (χ0v) is 21.3. The molecule has 1 unspecified atom stereocenters. The van der Waals surface area contributed by atoms with Crippen LogP contribution in [0.3, 0.4) is 0 Å². The van der Waals surface area contributed by atoms with E-state index in [0.29, 0.717) is 22.0 Å². The molecular formula is C27H15ClF2N2O6S. The molecule has 0 saturated heterocycles. The lowest BCUT2D eigenvalue weighted by Gasteiger charge is -2.24. The maximum absolute atomic E-state index is 14.4. The highest BCUT2D eigenvalue weighted by atomic mass is 35.5. The maximum atomic E-state index is 14.4. The van der Waals surface area contributed by atoms with Crippen molar-refractivity contribution in [3.63, 3.8) is 0 Å². The van der Waals surface area contributed by atoms with E-state index >= 15 is 0 Å². The number of hydrogen-bond acceptors (Lipinski definition) is 8. The lowest BCUT2D eigenvalue weighted by molar-refractivity contribution is -0.117. The molecule has 196 valence electrons. The van der Waals surface area contributed by atoms with Gasteiger partial charge >= 0.3 is 0 Å². The van der Waals surface area contributed by atoms with E-state index in [1.165, 1.54) is 43.5 Å². The van der Waals surface area contributed by atoms with Gasteiger partial charge in [-0.25, -0.2) is 13.8 Å². The van der Waals surface area contributed by atoms with Gasteiger partial charge in [-0.15, -0.1) is 0 Å². The SMILES string of the molecule is COc1cc(Cl)cc2cc(C(=O)C3=C(O)C(=O)N(c4nc5c(F)cc(F)cc5s4)C3c3ccc(O)cc3)oc12. The Morgan fingerprint density at radius 2 is 1.87 bits per heavy atom. The zero-order valence-electron chi connectivity index (χ0n) is 19.7. The summed E-state index contributed by atoms with van der Waals surface area (Å²) in [5.74, 6) is -4.41. The van der Waals surface area contributed by atoms with Gasteiger partial charge in [0.1, 0.15) is 17.1 Å². The molecule has 0 radical (unpaired) electrons. The number of ketones is 1. The minimum absolute atomic E-state index is 0.0745. The first-order valence-electron chi connectivity index (χ1n) is 11.3. The molecule has 12 heteroatoms. The van der Waals surface area contributed by atoms with E-state index in [-0.39, 0.29) is 43.8 Å². The molecule has 1 aliphatic rings. The summed E-state index contributed by atoms with van der Waals surface area (Å²) >= 11 is 6.95. The number of aliphatic hydroxyl groups is 1. The molecule has 1 aliphatic heterocycles. The third kappa shape index (κ3) is 3.98. The highest BCUT2D eigenvalue weighted by Crippen LogP contribution is 2.45. The minimum atomic E-state index is -1.24. The Morgan fingerprint density at radius 3 is 2.59 bits per heavy atom. The van der Waals surface area contributed by atoms with Crippen LogP contribution in [0, 0.1) is 11.6 Å². The lowest BCUT2D eigenvalue weighted by Crippen LogP contribution is -2.30. The Kier molecular flexibility index (Phi) is 5.77. The molecule has 5 aromatic rings. The van der Waals surface area contributed by atoms with Crippen LogP contribution in [0.5, 0.6) is 11.5 Å². The third-order valence-electron chi connectivity index (χ3n) is 6.26. The third-order valence-corrected chi connectivity index (χ3v) is 7.48. The zero-order chi connectivity index (χ0) is 27.6. The van der Waals surface area contributed by atoms with Crippen molar-refractivity contribution in [2.45, 2.75) is 6.04 Å². The van der Waals surface area contributed by atoms with E-state index in [0.717, 1.165) is 22.3 Å². The van der Waals surface area contributed by atoms with Crippen molar-refractivity contribution in [3.05, 3.63) is 93.9 Å². The van der Waals surface area contributed by atoms with E-state index in [1.807, 2.05) is 0 Å². The fourth-order valence-electron chi connectivity index (χ4n) is 4.54. The van der Waals surface area contributed by atoms with Gasteiger partial charge in [0, 0.05) is 22.5 Å². The molecular weight excluding hydrogens is 554 g/mol. The molecule has 3 aromatic carbocycles. The van der Waals surface area contributed by atoms with E-state index < -0.39 is 35.1 Å². The molecule has 3 heterocycles. The second-order valence-electron chi connectivity index (χ2n) is 8.63. The van der Waals surface area contributed by atoms with Gasteiger partial charge in [0.05, 0.1) is 23.4 Å². The van der Waals surface area contributed by atoms with Crippen molar-refractivity contribution in [3.8, 4) is 11.5 Å². The van der Waals surface area contributed by atoms with Crippen LogP contribution < -0.4 is 9.64 Å². The first-order valence-corrected chi connectivity index (χ1v) is 12.5. The number of thiazole rings is 1. The Balaban J connectivity index is 1.52. The number of hydrogen-bond donors (Lipinski definition) is 2. The van der Waals surface area contributed by atoms with Gasteiger partial charge in [0.15, 0.2) is 33.8 Å². The molecule has 0 fully saturated rings. The molecule has 8 nitrogen and oxygen atoms in total. The number of halogens is 3. The number of phenolic OH excluding ortho intramolecular Hbond substituents is 1. The van der Waals surface area contributed by atoms with Crippen molar-refractivity contribution < 1.29 is 37.7 Å². The highest BCUT2D eigenvalue weighted by molar-refractivity contribution is 7.22. The summed E-state index contributed by atoms with van der Waals surface area (Å²) in [6, 6.07) is 10.6. The van der Waals surface area contributed by atoms with Crippen LogP contribution in [0.2, 0.25) is 5.02 Å². The summed E-state index contributed by atoms with van der Waals surface area (Å²) in [7, 11) is 1.41. The van der Waals surface area contributed by atoms with Crippen molar-refractivity contribution >= 4 is 60.9 Å². The summed E-state index contributed by atoms with van der Waals surface area (Å²) < 4.78 is 39.5. The number of aromatic hydroxyl groups is 1. The molecule has 0 bridgehead atoms. The average molecular weight is 569 g/mol. The number of anilines is 1.